The van der Waals surface area contributed by atoms with Crippen LogP contribution in [0.2, 0.25) is 0 Å². The van der Waals surface area contributed by atoms with Gasteiger partial charge in [0.05, 0.1) is 6.10 Å². The Kier molecular flexibility index (Phi) is 3.90. The predicted octanol–water partition coefficient (Wildman–Crippen LogP) is 0.169. The molecule has 1 aliphatic heterocycles. The van der Waals surface area contributed by atoms with Crippen LogP contribution in [-0.2, 0) is 0 Å². The summed E-state index contributed by atoms with van der Waals surface area (Å²) >= 11 is 0. The fourth-order valence-corrected chi connectivity index (χ4v) is 1.73. The van der Waals surface area contributed by atoms with Crippen LogP contribution >= 0.6 is 0 Å². The van der Waals surface area contributed by atoms with E-state index in [4.69, 9.17) is 0 Å². The quantitative estimate of drug-likeness (QED) is 0.633. The van der Waals surface area contributed by atoms with Gasteiger partial charge in [-0.2, -0.15) is 0 Å². The van der Waals surface area contributed by atoms with Crippen LogP contribution in [0.4, 0.5) is 0 Å². The number of rotatable bonds is 3. The molecule has 0 bridgehead atoms. The van der Waals surface area contributed by atoms with E-state index >= 15 is 0 Å². The van der Waals surface area contributed by atoms with E-state index in [1.54, 1.807) is 6.08 Å². The third kappa shape index (κ3) is 3.10. The van der Waals surface area contributed by atoms with Crippen molar-refractivity contribution in [1.29, 1.82) is 0 Å². The molecular formula is C10H20N2O. The molecule has 1 aliphatic rings. The predicted molar refractivity (Wildman–Crippen MR) is 54.7 cm³/mol. The van der Waals surface area contributed by atoms with E-state index in [-0.39, 0.29) is 6.10 Å². The van der Waals surface area contributed by atoms with Crippen LogP contribution in [0.15, 0.2) is 12.7 Å². The van der Waals surface area contributed by atoms with E-state index < -0.39 is 0 Å². The maximum atomic E-state index is 9.45. The van der Waals surface area contributed by atoms with Crippen molar-refractivity contribution in [1.82, 2.24) is 9.80 Å². The van der Waals surface area contributed by atoms with E-state index in [2.05, 4.69) is 30.5 Å². The third-order valence-electron chi connectivity index (χ3n) is 2.77. The van der Waals surface area contributed by atoms with Crippen molar-refractivity contribution in [2.24, 2.45) is 0 Å². The molecule has 1 saturated heterocycles. The second-order valence-corrected chi connectivity index (χ2v) is 3.94. The molecule has 13 heavy (non-hydrogen) atoms. The molecule has 76 valence electrons. The highest BCUT2D eigenvalue weighted by atomic mass is 16.3. The van der Waals surface area contributed by atoms with E-state index in [0.717, 1.165) is 26.1 Å². The summed E-state index contributed by atoms with van der Waals surface area (Å²) in [6.07, 6.45) is 2.05. The zero-order chi connectivity index (χ0) is 9.84. The molecule has 0 amide bonds. The normalized spacial score (nSPS) is 28.7. The summed E-state index contributed by atoms with van der Waals surface area (Å²) in [5, 5.41) is 9.45. The first-order valence-corrected chi connectivity index (χ1v) is 4.83. The van der Waals surface area contributed by atoms with Gasteiger partial charge < -0.3 is 14.9 Å². The number of nitrogens with zero attached hydrogens (tertiary/aromatic N) is 2. The molecule has 0 saturated carbocycles. The number of likely N-dealkylation sites (N-methyl/N-ethyl adjacent to an activating group) is 2. The van der Waals surface area contributed by atoms with E-state index in [1.807, 2.05) is 0 Å². The maximum absolute atomic E-state index is 9.45. The van der Waals surface area contributed by atoms with Crippen LogP contribution in [0.5, 0.6) is 0 Å². The van der Waals surface area contributed by atoms with Crippen molar-refractivity contribution in [3.8, 4) is 0 Å². The SMILES string of the molecule is C=CC(O)CC1CN(C)CCN1C. The van der Waals surface area contributed by atoms with Crippen molar-refractivity contribution in [2.75, 3.05) is 33.7 Å². The lowest BCUT2D eigenvalue weighted by Gasteiger charge is -2.38. The molecule has 0 aliphatic carbocycles. The average Bonchev–Trinajstić information content (AvgIpc) is 2.11. The Labute approximate surface area is 80.6 Å². The molecule has 2 unspecified atom stereocenters. The van der Waals surface area contributed by atoms with Crippen LogP contribution in [0.25, 0.3) is 0 Å². The van der Waals surface area contributed by atoms with Crippen LogP contribution in [0.1, 0.15) is 6.42 Å². The summed E-state index contributed by atoms with van der Waals surface area (Å²) in [4.78, 5) is 4.62. The molecule has 3 heteroatoms. The van der Waals surface area contributed by atoms with Gasteiger partial charge in [-0.1, -0.05) is 6.08 Å². The standard InChI is InChI=1S/C10H20N2O/c1-4-10(13)7-9-8-11(2)5-6-12(9)3/h4,9-10,13H,1,5-8H2,2-3H3. The van der Waals surface area contributed by atoms with Crippen LogP contribution in [0, 0.1) is 0 Å². The zero-order valence-electron chi connectivity index (χ0n) is 8.61. The van der Waals surface area contributed by atoms with Crippen LogP contribution < -0.4 is 0 Å². The lowest BCUT2D eigenvalue weighted by molar-refractivity contribution is 0.0784. The number of aliphatic hydroxyl groups excluding tert-OH is 1. The minimum atomic E-state index is -0.362. The molecule has 0 spiro atoms. The Morgan fingerprint density at radius 2 is 2.23 bits per heavy atom. The average molecular weight is 184 g/mol. The smallest absolute Gasteiger partial charge is 0.0733 e. The van der Waals surface area contributed by atoms with Gasteiger partial charge in [-0.25, -0.2) is 0 Å². The Hall–Kier alpha value is -0.380. The minimum absolute atomic E-state index is 0.362. The van der Waals surface area contributed by atoms with Crippen LogP contribution in [0.3, 0.4) is 0 Å². The van der Waals surface area contributed by atoms with E-state index in [0.29, 0.717) is 6.04 Å². The van der Waals surface area contributed by atoms with Gasteiger partial charge in [0.15, 0.2) is 0 Å². The van der Waals surface area contributed by atoms with Crippen molar-refractivity contribution in [2.45, 2.75) is 18.6 Å². The molecule has 0 aromatic carbocycles. The van der Waals surface area contributed by atoms with Gasteiger partial charge in [-0.3, -0.25) is 0 Å². The van der Waals surface area contributed by atoms with Crippen molar-refractivity contribution in [3.63, 3.8) is 0 Å². The molecule has 0 aromatic heterocycles. The molecule has 1 rings (SSSR count). The first-order chi connectivity index (χ1) is 6.13. The van der Waals surface area contributed by atoms with Gasteiger partial charge in [0, 0.05) is 25.7 Å². The third-order valence-corrected chi connectivity index (χ3v) is 2.77. The van der Waals surface area contributed by atoms with Gasteiger partial charge in [0.2, 0.25) is 0 Å². The van der Waals surface area contributed by atoms with E-state index in [9.17, 15) is 5.11 Å². The zero-order valence-corrected chi connectivity index (χ0v) is 8.61. The highest BCUT2D eigenvalue weighted by Gasteiger charge is 2.23. The molecule has 3 nitrogen and oxygen atoms in total. The van der Waals surface area contributed by atoms with Gasteiger partial charge in [-0.15, -0.1) is 6.58 Å². The largest absolute Gasteiger partial charge is 0.389 e. The summed E-state index contributed by atoms with van der Waals surface area (Å²) in [6.45, 7) is 6.84. The van der Waals surface area contributed by atoms with Gasteiger partial charge >= 0.3 is 0 Å². The van der Waals surface area contributed by atoms with Gasteiger partial charge in [0.1, 0.15) is 0 Å². The monoisotopic (exact) mass is 184 g/mol. The number of aliphatic hydroxyl groups is 1. The molecule has 1 N–H and O–H groups in total. The summed E-state index contributed by atoms with van der Waals surface area (Å²) < 4.78 is 0. The summed E-state index contributed by atoms with van der Waals surface area (Å²) in [7, 11) is 4.24. The Morgan fingerprint density at radius 3 is 2.85 bits per heavy atom. The highest BCUT2D eigenvalue weighted by Crippen LogP contribution is 2.11. The fraction of sp³-hybridized carbons (Fsp3) is 0.800. The Morgan fingerprint density at radius 1 is 1.54 bits per heavy atom. The summed E-state index contributed by atoms with van der Waals surface area (Å²) in [5.41, 5.74) is 0. The molecule has 1 fully saturated rings. The number of piperazine rings is 1. The molecule has 0 aromatic rings. The highest BCUT2D eigenvalue weighted by molar-refractivity contribution is 4.86. The first kappa shape index (κ1) is 10.7. The van der Waals surface area contributed by atoms with Crippen molar-refractivity contribution < 1.29 is 5.11 Å². The number of hydrogen-bond donors (Lipinski definition) is 1. The van der Waals surface area contributed by atoms with Gasteiger partial charge in [-0.05, 0) is 20.5 Å². The molecule has 2 atom stereocenters. The van der Waals surface area contributed by atoms with Crippen molar-refractivity contribution in [3.05, 3.63) is 12.7 Å². The lowest BCUT2D eigenvalue weighted by Crippen LogP contribution is -2.50. The molecule has 1 heterocycles. The summed E-state index contributed by atoms with van der Waals surface area (Å²) in [5.74, 6) is 0. The first-order valence-electron chi connectivity index (χ1n) is 4.83. The second kappa shape index (κ2) is 4.74. The maximum Gasteiger partial charge on any atom is 0.0733 e. The fourth-order valence-electron chi connectivity index (χ4n) is 1.73. The van der Waals surface area contributed by atoms with Crippen molar-refractivity contribution >= 4 is 0 Å². The Balaban J connectivity index is 2.41. The lowest BCUT2D eigenvalue weighted by atomic mass is 10.1. The van der Waals surface area contributed by atoms with Gasteiger partial charge in [0.25, 0.3) is 0 Å². The molecule has 0 radical (unpaired) electrons. The minimum Gasteiger partial charge on any atom is -0.389 e. The number of hydrogen-bond acceptors (Lipinski definition) is 3. The summed E-state index contributed by atoms with van der Waals surface area (Å²) in [6, 6.07) is 0.465. The van der Waals surface area contributed by atoms with E-state index in [1.165, 1.54) is 0 Å². The second-order valence-electron chi connectivity index (χ2n) is 3.94. The van der Waals surface area contributed by atoms with Crippen LogP contribution in [-0.4, -0.2) is 60.8 Å². The Bertz CT molecular complexity index is 172. The topological polar surface area (TPSA) is 26.7 Å². The molecular weight excluding hydrogens is 164 g/mol.